The van der Waals surface area contributed by atoms with Crippen LogP contribution in [0.2, 0.25) is 0 Å². The zero-order valence-electron chi connectivity index (χ0n) is 23.3. The van der Waals surface area contributed by atoms with E-state index in [-0.39, 0.29) is 11.9 Å². The third-order valence-electron chi connectivity index (χ3n) is 7.08. The fourth-order valence-corrected chi connectivity index (χ4v) is 5.29. The molecule has 40 heavy (non-hydrogen) atoms. The van der Waals surface area contributed by atoms with E-state index in [4.69, 9.17) is 14.8 Å². The first-order chi connectivity index (χ1) is 19.1. The first kappa shape index (κ1) is 25.8. The summed E-state index contributed by atoms with van der Waals surface area (Å²) in [5.41, 5.74) is 4.32. The van der Waals surface area contributed by atoms with Crippen LogP contribution in [0.15, 0.2) is 54.9 Å². The van der Waals surface area contributed by atoms with Crippen LogP contribution in [0, 0.1) is 12.7 Å². The molecule has 0 radical (unpaired) electrons. The van der Waals surface area contributed by atoms with E-state index in [0.29, 0.717) is 31.9 Å². The highest BCUT2D eigenvalue weighted by Crippen LogP contribution is 2.36. The molecule has 0 bridgehead atoms. The van der Waals surface area contributed by atoms with Gasteiger partial charge in [0.1, 0.15) is 22.9 Å². The maximum absolute atomic E-state index is 14.6. The van der Waals surface area contributed by atoms with Gasteiger partial charge in [0.05, 0.1) is 22.9 Å². The number of benzene rings is 2. The summed E-state index contributed by atoms with van der Waals surface area (Å²) in [6.07, 6.45) is 3.46. The number of anilines is 1. The number of aromatic nitrogens is 5. The number of piperazine rings is 1. The Labute approximate surface area is 231 Å². The van der Waals surface area contributed by atoms with Gasteiger partial charge in [0.2, 0.25) is 0 Å². The van der Waals surface area contributed by atoms with Crippen molar-refractivity contribution in [3.05, 3.63) is 66.2 Å². The number of halogens is 1. The van der Waals surface area contributed by atoms with Crippen molar-refractivity contribution in [2.45, 2.75) is 33.3 Å². The van der Waals surface area contributed by atoms with Gasteiger partial charge >= 0.3 is 6.09 Å². The average Bonchev–Trinajstić information content (AvgIpc) is 3.48. The molecule has 1 aliphatic rings. The fraction of sp³-hybridized carbons (Fsp3) is 0.333. The maximum atomic E-state index is 14.6. The zero-order chi connectivity index (χ0) is 28.2. The van der Waals surface area contributed by atoms with Crippen LogP contribution in [-0.4, -0.2) is 67.3 Å². The molecule has 0 saturated carbocycles. The van der Waals surface area contributed by atoms with E-state index in [1.165, 1.54) is 6.07 Å². The van der Waals surface area contributed by atoms with Crippen LogP contribution in [0.4, 0.5) is 15.0 Å². The van der Waals surface area contributed by atoms with Gasteiger partial charge in [0.25, 0.3) is 0 Å². The third-order valence-corrected chi connectivity index (χ3v) is 7.08. The number of pyridine rings is 1. The number of aryl methyl sites for hydroxylation is 2. The van der Waals surface area contributed by atoms with E-state index in [1.54, 1.807) is 21.8 Å². The topological polar surface area (TPSA) is 81.3 Å². The Hall–Kier alpha value is -4.47. The first-order valence-electron chi connectivity index (χ1n) is 13.4. The SMILES string of the molecule is Cc1cc(F)cc2c(-c3cccc4nn(C)cc34)nn(-c3ccc(N4CCN(C(=O)OC(C)(C)C)CC4)nc3)c12. The summed E-state index contributed by atoms with van der Waals surface area (Å²) in [4.78, 5) is 21.1. The molecule has 0 N–H and O–H groups in total. The van der Waals surface area contributed by atoms with Crippen molar-refractivity contribution < 1.29 is 13.9 Å². The van der Waals surface area contributed by atoms with E-state index >= 15 is 0 Å². The molecule has 9 nitrogen and oxygen atoms in total. The molecule has 4 heterocycles. The quantitative estimate of drug-likeness (QED) is 0.301. The van der Waals surface area contributed by atoms with Crippen LogP contribution in [0.3, 0.4) is 0 Å². The van der Waals surface area contributed by atoms with Gasteiger partial charge in [-0.3, -0.25) is 4.68 Å². The van der Waals surface area contributed by atoms with Gasteiger partial charge < -0.3 is 14.5 Å². The van der Waals surface area contributed by atoms with E-state index < -0.39 is 5.60 Å². The zero-order valence-corrected chi connectivity index (χ0v) is 23.3. The molecule has 3 aromatic heterocycles. The molecule has 0 unspecified atom stereocenters. The molecule has 6 rings (SSSR count). The summed E-state index contributed by atoms with van der Waals surface area (Å²) < 4.78 is 23.8. The Morgan fingerprint density at radius 2 is 1.77 bits per heavy atom. The van der Waals surface area contributed by atoms with E-state index in [2.05, 4.69) is 10.00 Å². The van der Waals surface area contributed by atoms with Crippen molar-refractivity contribution in [2.24, 2.45) is 7.05 Å². The van der Waals surface area contributed by atoms with E-state index in [9.17, 15) is 9.18 Å². The lowest BCUT2D eigenvalue weighted by atomic mass is 10.0. The van der Waals surface area contributed by atoms with Gasteiger partial charge in [-0.15, -0.1) is 0 Å². The Balaban J connectivity index is 1.32. The Kier molecular flexibility index (Phi) is 6.20. The number of carbonyl (C=O) groups is 1. The minimum Gasteiger partial charge on any atom is -0.444 e. The lowest BCUT2D eigenvalue weighted by molar-refractivity contribution is 0.0240. The van der Waals surface area contributed by atoms with Gasteiger partial charge in [-0.25, -0.2) is 18.9 Å². The van der Waals surface area contributed by atoms with Crippen molar-refractivity contribution in [3.8, 4) is 16.9 Å². The Bertz CT molecular complexity index is 1730. The molecule has 0 aliphatic carbocycles. The van der Waals surface area contributed by atoms with Gasteiger partial charge in [0.15, 0.2) is 0 Å². The molecule has 1 aliphatic heterocycles. The molecule has 1 amide bonds. The second-order valence-electron chi connectivity index (χ2n) is 11.2. The highest BCUT2D eigenvalue weighted by atomic mass is 19.1. The van der Waals surface area contributed by atoms with E-state index in [0.717, 1.165) is 44.4 Å². The molecule has 10 heteroatoms. The normalized spacial score (nSPS) is 14.3. The molecule has 0 atom stereocenters. The average molecular weight is 542 g/mol. The fourth-order valence-electron chi connectivity index (χ4n) is 5.29. The highest BCUT2D eigenvalue weighted by molar-refractivity contribution is 6.03. The standard InChI is InChI=1S/C30H32FN7O2/c1-19-15-20(31)16-23-27(22-7-6-8-25-24(22)18-35(5)33-25)34-38(28(19)23)21-9-10-26(32-17-21)36-11-13-37(14-12-36)29(39)40-30(2,3)4/h6-10,15-18H,11-14H2,1-5H3. The lowest BCUT2D eigenvalue weighted by Crippen LogP contribution is -2.50. The number of ether oxygens (including phenoxy) is 1. The number of nitrogens with zero attached hydrogens (tertiary/aromatic N) is 7. The largest absolute Gasteiger partial charge is 0.444 e. The summed E-state index contributed by atoms with van der Waals surface area (Å²) >= 11 is 0. The number of fused-ring (bicyclic) bond motifs is 2. The molecule has 206 valence electrons. The molecule has 1 fully saturated rings. The summed E-state index contributed by atoms with van der Waals surface area (Å²) in [6, 6.07) is 12.9. The summed E-state index contributed by atoms with van der Waals surface area (Å²) in [5.74, 6) is 0.523. The first-order valence-corrected chi connectivity index (χ1v) is 13.4. The van der Waals surface area contributed by atoms with Crippen LogP contribution < -0.4 is 4.90 Å². The van der Waals surface area contributed by atoms with Gasteiger partial charge in [-0.05, 0) is 63.6 Å². The van der Waals surface area contributed by atoms with Crippen molar-refractivity contribution in [3.63, 3.8) is 0 Å². The lowest BCUT2D eigenvalue weighted by Gasteiger charge is -2.36. The van der Waals surface area contributed by atoms with Gasteiger partial charge in [-0.2, -0.15) is 10.2 Å². The molecule has 0 spiro atoms. The van der Waals surface area contributed by atoms with Crippen molar-refractivity contribution in [2.75, 3.05) is 31.1 Å². The molecule has 5 aromatic rings. The van der Waals surface area contributed by atoms with Crippen molar-refractivity contribution >= 4 is 33.7 Å². The van der Waals surface area contributed by atoms with Crippen LogP contribution in [0.5, 0.6) is 0 Å². The molecular formula is C30H32FN7O2. The van der Waals surface area contributed by atoms with Crippen LogP contribution >= 0.6 is 0 Å². The minimum absolute atomic E-state index is 0.286. The van der Waals surface area contributed by atoms with E-state index in [1.807, 2.05) is 76.0 Å². The molecular weight excluding hydrogens is 509 g/mol. The monoisotopic (exact) mass is 541 g/mol. The number of hydrogen-bond acceptors (Lipinski definition) is 6. The van der Waals surface area contributed by atoms with Crippen molar-refractivity contribution in [1.29, 1.82) is 0 Å². The van der Waals surface area contributed by atoms with Crippen LogP contribution in [-0.2, 0) is 11.8 Å². The van der Waals surface area contributed by atoms with Crippen LogP contribution in [0.1, 0.15) is 26.3 Å². The number of hydrogen-bond donors (Lipinski definition) is 0. The smallest absolute Gasteiger partial charge is 0.410 e. The number of amides is 1. The minimum atomic E-state index is -0.517. The predicted octanol–water partition coefficient (Wildman–Crippen LogP) is 5.48. The second-order valence-corrected chi connectivity index (χ2v) is 11.2. The summed E-state index contributed by atoms with van der Waals surface area (Å²) in [6.45, 7) is 9.96. The van der Waals surface area contributed by atoms with Crippen molar-refractivity contribution in [1.82, 2.24) is 29.4 Å². The number of carbonyl (C=O) groups excluding carboxylic acids is 1. The van der Waals surface area contributed by atoms with Gasteiger partial charge in [-0.1, -0.05) is 12.1 Å². The summed E-state index contributed by atoms with van der Waals surface area (Å²) in [7, 11) is 1.88. The second kappa shape index (κ2) is 9.62. The number of rotatable bonds is 3. The third kappa shape index (κ3) is 4.74. The predicted molar refractivity (Wildman–Crippen MR) is 153 cm³/mol. The van der Waals surface area contributed by atoms with Crippen LogP contribution in [0.25, 0.3) is 38.8 Å². The highest BCUT2D eigenvalue weighted by Gasteiger charge is 2.26. The molecule has 1 saturated heterocycles. The Morgan fingerprint density at radius 3 is 2.48 bits per heavy atom. The Morgan fingerprint density at radius 1 is 1.00 bits per heavy atom. The maximum Gasteiger partial charge on any atom is 0.410 e. The molecule has 2 aromatic carbocycles. The summed E-state index contributed by atoms with van der Waals surface area (Å²) in [5, 5.41) is 11.2. The van der Waals surface area contributed by atoms with Gasteiger partial charge in [0, 0.05) is 55.8 Å².